The number of hydrogen-bond donors (Lipinski definition) is 0. The summed E-state index contributed by atoms with van der Waals surface area (Å²) in [5.41, 5.74) is 0. The first-order valence-corrected chi connectivity index (χ1v) is 30.8. The average molecular weight is 1050 g/mol. The van der Waals surface area contributed by atoms with E-state index in [4.69, 9.17) is 14.2 Å². The van der Waals surface area contributed by atoms with E-state index < -0.39 is 6.10 Å². The zero-order valence-electron chi connectivity index (χ0n) is 49.0. The molecule has 76 heavy (non-hydrogen) atoms. The zero-order chi connectivity index (χ0) is 55.0. The summed E-state index contributed by atoms with van der Waals surface area (Å²) in [5, 5.41) is 0. The Morgan fingerprint density at radius 3 is 0.803 bits per heavy atom. The molecule has 0 aromatic heterocycles. The molecule has 6 heteroatoms. The number of carbonyl (C=O) groups is 3. The minimum atomic E-state index is -0.801. The maximum Gasteiger partial charge on any atom is 0.306 e. The molecule has 0 N–H and O–H groups in total. The molecule has 0 radical (unpaired) electrons. The van der Waals surface area contributed by atoms with Crippen molar-refractivity contribution >= 4 is 17.9 Å². The number of allylic oxidation sites excluding steroid dienone is 24. The fourth-order valence-corrected chi connectivity index (χ4v) is 8.04. The lowest BCUT2D eigenvalue weighted by molar-refractivity contribution is -0.167. The van der Waals surface area contributed by atoms with E-state index >= 15 is 0 Å². The van der Waals surface area contributed by atoms with Crippen LogP contribution in [-0.2, 0) is 28.6 Å². The number of esters is 3. The van der Waals surface area contributed by atoms with Gasteiger partial charge in [-0.15, -0.1) is 0 Å². The first-order valence-electron chi connectivity index (χ1n) is 30.8. The Bertz CT molecular complexity index is 1680. The highest BCUT2D eigenvalue weighted by molar-refractivity contribution is 5.71. The lowest BCUT2D eigenvalue weighted by Gasteiger charge is -2.18. The van der Waals surface area contributed by atoms with Crippen molar-refractivity contribution in [3.05, 3.63) is 146 Å². The number of unbranched alkanes of at least 4 members (excludes halogenated alkanes) is 19. The van der Waals surface area contributed by atoms with Gasteiger partial charge in [0.25, 0.3) is 0 Å². The quantitative estimate of drug-likeness (QED) is 0.0261. The van der Waals surface area contributed by atoms with E-state index in [0.29, 0.717) is 19.3 Å². The lowest BCUT2D eigenvalue weighted by Crippen LogP contribution is -2.30. The summed E-state index contributed by atoms with van der Waals surface area (Å²) in [6, 6.07) is 0. The molecule has 0 aliphatic carbocycles. The fraction of sp³-hybridized carbons (Fsp3) is 0.614. The smallest absolute Gasteiger partial charge is 0.306 e. The van der Waals surface area contributed by atoms with E-state index in [1.165, 1.54) is 57.8 Å². The van der Waals surface area contributed by atoms with Gasteiger partial charge in [-0.05, 0) is 122 Å². The van der Waals surface area contributed by atoms with Crippen molar-refractivity contribution in [2.24, 2.45) is 0 Å². The standard InChI is InChI=1S/C70H112O6/c1-4-7-10-13-16-19-22-24-26-28-30-31-32-33-34-35-36-37-38-39-41-42-44-46-48-51-54-57-60-63-69(72)75-66-67(65-74-68(71)62-59-56-53-50-21-18-15-12-9-6-3)76-70(73)64-61-58-55-52-49-47-45-43-40-29-27-25-23-20-17-14-11-8-5-2/h7-8,10-11,16-17,19-20,24-27,30-31,33-34,36-37,39-41,43-44,46,67H,4-6,9,12-15,18,21-23,28-29,32,35,38,42,45,47-66H2,1-3H3/b10-7-,11-8-,19-16-,20-17-,26-24-,27-25-,31-30-,34-33-,37-36-,41-39-,43-40-,46-44-. The highest BCUT2D eigenvalue weighted by Gasteiger charge is 2.19. The Kier molecular flexibility index (Phi) is 58.9. The molecule has 428 valence electrons. The van der Waals surface area contributed by atoms with Crippen LogP contribution in [0.3, 0.4) is 0 Å². The van der Waals surface area contributed by atoms with E-state index in [2.05, 4.69) is 167 Å². The van der Waals surface area contributed by atoms with Gasteiger partial charge in [0.15, 0.2) is 6.10 Å². The number of ether oxygens (including phenoxy) is 3. The van der Waals surface area contributed by atoms with Crippen molar-refractivity contribution in [3.63, 3.8) is 0 Å². The first kappa shape index (κ1) is 71.3. The van der Waals surface area contributed by atoms with Crippen LogP contribution in [0.1, 0.15) is 258 Å². The molecule has 0 amide bonds. The summed E-state index contributed by atoms with van der Waals surface area (Å²) in [7, 11) is 0. The van der Waals surface area contributed by atoms with Crippen LogP contribution in [0.25, 0.3) is 0 Å². The molecule has 6 nitrogen and oxygen atoms in total. The topological polar surface area (TPSA) is 78.9 Å². The van der Waals surface area contributed by atoms with Gasteiger partial charge in [0.05, 0.1) is 0 Å². The van der Waals surface area contributed by atoms with Gasteiger partial charge in [0.1, 0.15) is 13.2 Å². The minimum Gasteiger partial charge on any atom is -0.462 e. The molecule has 0 heterocycles. The van der Waals surface area contributed by atoms with Crippen LogP contribution in [0.2, 0.25) is 0 Å². The molecule has 0 aromatic rings. The van der Waals surface area contributed by atoms with Gasteiger partial charge in [-0.3, -0.25) is 14.4 Å². The van der Waals surface area contributed by atoms with Crippen molar-refractivity contribution in [2.45, 2.75) is 264 Å². The molecular formula is C70H112O6. The molecule has 0 saturated carbocycles. The predicted molar refractivity (Wildman–Crippen MR) is 329 cm³/mol. The minimum absolute atomic E-state index is 0.0956. The highest BCUT2D eigenvalue weighted by atomic mass is 16.6. The van der Waals surface area contributed by atoms with Crippen molar-refractivity contribution in [3.8, 4) is 0 Å². The maximum atomic E-state index is 12.9. The summed E-state index contributed by atoms with van der Waals surface area (Å²) in [6.45, 7) is 6.36. The summed E-state index contributed by atoms with van der Waals surface area (Å²) in [4.78, 5) is 38.2. The van der Waals surface area contributed by atoms with E-state index in [9.17, 15) is 14.4 Å². The molecular weight excluding hydrogens is 937 g/mol. The average Bonchev–Trinajstić information content (AvgIpc) is 3.42. The van der Waals surface area contributed by atoms with Crippen LogP contribution in [-0.4, -0.2) is 37.2 Å². The normalized spacial score (nSPS) is 13.1. The Labute approximate surface area is 467 Å². The van der Waals surface area contributed by atoms with Gasteiger partial charge in [-0.2, -0.15) is 0 Å². The number of rotatable bonds is 54. The second kappa shape index (κ2) is 62.8. The molecule has 0 rings (SSSR count). The monoisotopic (exact) mass is 1050 g/mol. The van der Waals surface area contributed by atoms with Crippen molar-refractivity contribution in [1.29, 1.82) is 0 Å². The van der Waals surface area contributed by atoms with Gasteiger partial charge in [0, 0.05) is 19.3 Å². The van der Waals surface area contributed by atoms with Gasteiger partial charge in [-0.1, -0.05) is 263 Å². The largest absolute Gasteiger partial charge is 0.462 e. The molecule has 1 atom stereocenters. The second-order valence-corrected chi connectivity index (χ2v) is 19.9. The summed E-state index contributed by atoms with van der Waals surface area (Å²) < 4.78 is 16.8. The Morgan fingerprint density at radius 1 is 0.276 bits per heavy atom. The van der Waals surface area contributed by atoms with E-state index in [-0.39, 0.29) is 31.1 Å². The van der Waals surface area contributed by atoms with E-state index in [0.717, 1.165) is 161 Å². The SMILES string of the molecule is CC/C=C\C/C=C\C/C=C\C/C=C\C/C=C\C/C=C\C/C=C\C/C=C\CCCCCCC(=O)OCC(COC(=O)CCCCCCCCCCCC)OC(=O)CCCCCCCC/C=C\C/C=C\C/C=C\C/C=C\CC. The van der Waals surface area contributed by atoms with Crippen LogP contribution in [0.5, 0.6) is 0 Å². The zero-order valence-corrected chi connectivity index (χ0v) is 49.0. The van der Waals surface area contributed by atoms with Gasteiger partial charge in [0.2, 0.25) is 0 Å². The highest BCUT2D eigenvalue weighted by Crippen LogP contribution is 2.14. The summed E-state index contributed by atoms with van der Waals surface area (Å²) in [5.74, 6) is -0.940. The Hall–Kier alpha value is -4.71. The lowest BCUT2D eigenvalue weighted by atomic mass is 10.1. The first-order chi connectivity index (χ1) is 37.5. The van der Waals surface area contributed by atoms with Crippen LogP contribution in [0, 0.1) is 0 Å². The third-order valence-electron chi connectivity index (χ3n) is 12.6. The molecule has 0 bridgehead atoms. The molecule has 1 unspecified atom stereocenters. The molecule has 0 spiro atoms. The molecule has 0 aliphatic rings. The molecule has 0 aromatic carbocycles. The van der Waals surface area contributed by atoms with Gasteiger partial charge < -0.3 is 14.2 Å². The van der Waals surface area contributed by atoms with Crippen molar-refractivity contribution in [1.82, 2.24) is 0 Å². The summed E-state index contributed by atoms with van der Waals surface area (Å²) >= 11 is 0. The Morgan fingerprint density at radius 2 is 0.513 bits per heavy atom. The van der Waals surface area contributed by atoms with Crippen LogP contribution in [0.4, 0.5) is 0 Å². The molecule has 0 aliphatic heterocycles. The van der Waals surface area contributed by atoms with Gasteiger partial charge in [-0.25, -0.2) is 0 Å². The van der Waals surface area contributed by atoms with Crippen molar-refractivity contribution < 1.29 is 28.6 Å². The van der Waals surface area contributed by atoms with Crippen LogP contribution >= 0.6 is 0 Å². The second-order valence-electron chi connectivity index (χ2n) is 19.9. The van der Waals surface area contributed by atoms with Crippen molar-refractivity contribution in [2.75, 3.05) is 13.2 Å². The van der Waals surface area contributed by atoms with E-state index in [1.807, 2.05) is 0 Å². The number of hydrogen-bond acceptors (Lipinski definition) is 6. The molecule has 0 saturated heterocycles. The fourth-order valence-electron chi connectivity index (χ4n) is 8.04. The molecule has 0 fully saturated rings. The van der Waals surface area contributed by atoms with E-state index in [1.54, 1.807) is 0 Å². The number of carbonyl (C=O) groups excluding carboxylic acids is 3. The van der Waals surface area contributed by atoms with Gasteiger partial charge >= 0.3 is 17.9 Å². The van der Waals surface area contributed by atoms with Crippen LogP contribution < -0.4 is 0 Å². The maximum absolute atomic E-state index is 12.9. The Balaban J connectivity index is 4.37. The van der Waals surface area contributed by atoms with Crippen LogP contribution in [0.15, 0.2) is 146 Å². The third-order valence-corrected chi connectivity index (χ3v) is 12.6. The third kappa shape index (κ3) is 60.2. The predicted octanol–water partition coefficient (Wildman–Crippen LogP) is 21.2. The summed E-state index contributed by atoms with van der Waals surface area (Å²) in [6.07, 6.45) is 89.9.